The van der Waals surface area contributed by atoms with Gasteiger partial charge in [0.25, 0.3) is 5.91 Å². The molecule has 0 saturated carbocycles. The molecule has 0 aliphatic rings. The van der Waals surface area contributed by atoms with Crippen LogP contribution in [0, 0.1) is 0 Å². The topological polar surface area (TPSA) is 42.2 Å². The third-order valence-corrected chi connectivity index (χ3v) is 3.97. The summed E-state index contributed by atoms with van der Waals surface area (Å²) in [5.41, 5.74) is 0.680. The number of nitrogens with one attached hydrogen (secondary N) is 1. The minimum absolute atomic E-state index is 0.0360. The summed E-state index contributed by atoms with van der Waals surface area (Å²) in [6, 6.07) is 11.2. The average molecular weight is 340 g/mol. The Balaban J connectivity index is 1.65. The van der Waals surface area contributed by atoms with Crippen LogP contribution in [0.2, 0.25) is 0 Å². The first-order valence-corrected chi connectivity index (χ1v) is 7.84. The van der Waals surface area contributed by atoms with Gasteiger partial charge in [-0.15, -0.1) is 0 Å². The first-order chi connectivity index (χ1) is 9.25. The zero-order chi connectivity index (χ0) is 13.5. The summed E-state index contributed by atoms with van der Waals surface area (Å²) in [5.74, 6) is 2.62. The van der Waals surface area contributed by atoms with Crippen molar-refractivity contribution in [2.24, 2.45) is 0 Å². The lowest BCUT2D eigenvalue weighted by Crippen LogP contribution is -2.25. The van der Waals surface area contributed by atoms with Crippen LogP contribution in [0.5, 0.6) is 0 Å². The molecule has 1 aromatic heterocycles. The van der Waals surface area contributed by atoms with Crippen LogP contribution < -0.4 is 5.32 Å². The van der Waals surface area contributed by atoms with E-state index in [4.69, 9.17) is 4.42 Å². The van der Waals surface area contributed by atoms with Gasteiger partial charge in [0.05, 0.1) is 12.0 Å². The second kappa shape index (κ2) is 7.40. The molecular formula is C14H14BrNO2S. The van der Waals surface area contributed by atoms with E-state index in [0.717, 1.165) is 21.7 Å². The Morgan fingerprint density at radius 3 is 2.74 bits per heavy atom. The molecular weight excluding hydrogens is 326 g/mol. The predicted octanol–water partition coefficient (Wildman–Crippen LogP) is 3.71. The van der Waals surface area contributed by atoms with Crippen molar-refractivity contribution in [3.05, 3.63) is 58.5 Å². The summed E-state index contributed by atoms with van der Waals surface area (Å²) in [5, 5.41) is 2.89. The third kappa shape index (κ3) is 4.76. The second-order valence-corrected chi connectivity index (χ2v) is 5.92. The minimum atomic E-state index is -0.0360. The number of furan rings is 1. The van der Waals surface area contributed by atoms with Crippen molar-refractivity contribution in [3.8, 4) is 0 Å². The second-order valence-electron chi connectivity index (χ2n) is 3.89. The number of halogens is 1. The van der Waals surface area contributed by atoms with Gasteiger partial charge in [0.2, 0.25) is 0 Å². The van der Waals surface area contributed by atoms with Gasteiger partial charge in [-0.05, 0) is 36.4 Å². The number of rotatable bonds is 6. The standard InChI is InChI=1S/C14H14BrNO2S/c15-12-5-3-11(4-6-12)14(17)16-7-9-19-10-13-2-1-8-18-13/h1-6,8H,7,9-10H2,(H,16,17). The van der Waals surface area contributed by atoms with Gasteiger partial charge in [-0.3, -0.25) is 4.79 Å². The van der Waals surface area contributed by atoms with E-state index in [-0.39, 0.29) is 5.91 Å². The predicted molar refractivity (Wildman–Crippen MR) is 81.3 cm³/mol. The van der Waals surface area contributed by atoms with Gasteiger partial charge in [0.15, 0.2) is 0 Å². The van der Waals surface area contributed by atoms with Gasteiger partial charge in [-0.1, -0.05) is 15.9 Å². The van der Waals surface area contributed by atoms with Crippen molar-refractivity contribution in [2.75, 3.05) is 12.3 Å². The molecule has 0 spiro atoms. The van der Waals surface area contributed by atoms with Gasteiger partial charge in [0, 0.05) is 22.3 Å². The zero-order valence-corrected chi connectivity index (χ0v) is 12.7. The molecule has 5 heteroatoms. The van der Waals surface area contributed by atoms with Crippen LogP contribution in [-0.4, -0.2) is 18.2 Å². The van der Waals surface area contributed by atoms with Crippen LogP contribution >= 0.6 is 27.7 Å². The number of hydrogen-bond donors (Lipinski definition) is 1. The summed E-state index contributed by atoms with van der Waals surface area (Å²) in [7, 11) is 0. The largest absolute Gasteiger partial charge is 0.468 e. The quantitative estimate of drug-likeness (QED) is 0.816. The first kappa shape index (κ1) is 14.2. The molecule has 3 nitrogen and oxygen atoms in total. The molecule has 0 aliphatic heterocycles. The Labute approximate surface area is 124 Å². The number of carbonyl (C=O) groups is 1. The van der Waals surface area contributed by atoms with Crippen LogP contribution in [-0.2, 0) is 5.75 Å². The SMILES string of the molecule is O=C(NCCSCc1ccco1)c1ccc(Br)cc1. The molecule has 1 amide bonds. The van der Waals surface area contributed by atoms with Crippen LogP contribution in [0.1, 0.15) is 16.1 Å². The number of hydrogen-bond acceptors (Lipinski definition) is 3. The highest BCUT2D eigenvalue weighted by Crippen LogP contribution is 2.12. The van der Waals surface area contributed by atoms with Crippen molar-refractivity contribution in [2.45, 2.75) is 5.75 Å². The molecule has 0 unspecified atom stereocenters. The smallest absolute Gasteiger partial charge is 0.251 e. The fourth-order valence-electron chi connectivity index (χ4n) is 1.51. The Hall–Kier alpha value is -1.20. The third-order valence-electron chi connectivity index (χ3n) is 2.46. The summed E-state index contributed by atoms with van der Waals surface area (Å²) in [4.78, 5) is 11.8. The van der Waals surface area contributed by atoms with Gasteiger partial charge in [-0.25, -0.2) is 0 Å². The highest BCUT2D eigenvalue weighted by molar-refractivity contribution is 9.10. The molecule has 2 aromatic rings. The van der Waals surface area contributed by atoms with Gasteiger partial charge in [0.1, 0.15) is 5.76 Å². The number of benzene rings is 1. The molecule has 1 N–H and O–H groups in total. The maximum Gasteiger partial charge on any atom is 0.251 e. The molecule has 1 heterocycles. The summed E-state index contributed by atoms with van der Waals surface area (Å²) >= 11 is 5.08. The molecule has 0 atom stereocenters. The van der Waals surface area contributed by atoms with Crippen LogP contribution in [0.4, 0.5) is 0 Å². The average Bonchev–Trinajstić information content (AvgIpc) is 2.92. The molecule has 100 valence electrons. The van der Waals surface area contributed by atoms with E-state index in [1.807, 2.05) is 24.3 Å². The van der Waals surface area contributed by atoms with Crippen LogP contribution in [0.3, 0.4) is 0 Å². The lowest BCUT2D eigenvalue weighted by Gasteiger charge is -2.04. The summed E-state index contributed by atoms with van der Waals surface area (Å²) in [6.07, 6.45) is 1.67. The lowest BCUT2D eigenvalue weighted by molar-refractivity contribution is 0.0956. The number of thioether (sulfide) groups is 1. The normalized spacial score (nSPS) is 10.4. The maximum atomic E-state index is 11.8. The Morgan fingerprint density at radius 1 is 1.26 bits per heavy atom. The minimum Gasteiger partial charge on any atom is -0.468 e. The fraction of sp³-hybridized carbons (Fsp3) is 0.214. The Bertz CT molecular complexity index is 511. The molecule has 0 saturated heterocycles. The highest BCUT2D eigenvalue weighted by Gasteiger charge is 2.04. The van der Waals surface area contributed by atoms with Crippen molar-refractivity contribution < 1.29 is 9.21 Å². The summed E-state index contributed by atoms with van der Waals surface area (Å²) < 4.78 is 6.20. The van der Waals surface area contributed by atoms with Crippen molar-refractivity contribution in [3.63, 3.8) is 0 Å². The summed E-state index contributed by atoms with van der Waals surface area (Å²) in [6.45, 7) is 0.653. The molecule has 1 aromatic carbocycles. The zero-order valence-electron chi connectivity index (χ0n) is 10.3. The Kier molecular flexibility index (Phi) is 5.54. The fourth-order valence-corrected chi connectivity index (χ4v) is 2.53. The van der Waals surface area contributed by atoms with E-state index in [1.54, 1.807) is 30.2 Å². The molecule has 2 rings (SSSR count). The van der Waals surface area contributed by atoms with E-state index in [0.29, 0.717) is 12.1 Å². The van der Waals surface area contributed by atoms with Gasteiger partial charge < -0.3 is 9.73 Å². The van der Waals surface area contributed by atoms with E-state index in [9.17, 15) is 4.79 Å². The molecule has 0 radical (unpaired) electrons. The van der Waals surface area contributed by atoms with Crippen molar-refractivity contribution >= 4 is 33.6 Å². The molecule has 0 fully saturated rings. The molecule has 0 bridgehead atoms. The van der Waals surface area contributed by atoms with E-state index in [1.165, 1.54) is 0 Å². The van der Waals surface area contributed by atoms with Gasteiger partial charge >= 0.3 is 0 Å². The monoisotopic (exact) mass is 339 g/mol. The van der Waals surface area contributed by atoms with Crippen molar-refractivity contribution in [1.29, 1.82) is 0 Å². The molecule has 19 heavy (non-hydrogen) atoms. The van der Waals surface area contributed by atoms with Crippen LogP contribution in [0.25, 0.3) is 0 Å². The number of carbonyl (C=O) groups excluding carboxylic acids is 1. The lowest BCUT2D eigenvalue weighted by atomic mass is 10.2. The first-order valence-electron chi connectivity index (χ1n) is 5.89. The maximum absolute atomic E-state index is 11.8. The van der Waals surface area contributed by atoms with Crippen molar-refractivity contribution in [1.82, 2.24) is 5.32 Å². The van der Waals surface area contributed by atoms with E-state index >= 15 is 0 Å². The molecule has 0 aliphatic carbocycles. The number of amides is 1. The Morgan fingerprint density at radius 2 is 2.05 bits per heavy atom. The van der Waals surface area contributed by atoms with E-state index < -0.39 is 0 Å². The highest BCUT2D eigenvalue weighted by atomic mass is 79.9. The van der Waals surface area contributed by atoms with E-state index in [2.05, 4.69) is 21.2 Å². The van der Waals surface area contributed by atoms with Gasteiger partial charge in [-0.2, -0.15) is 11.8 Å². The van der Waals surface area contributed by atoms with Crippen LogP contribution in [0.15, 0.2) is 51.6 Å².